The van der Waals surface area contributed by atoms with Crippen molar-refractivity contribution in [3.8, 4) is 17.8 Å². The molecule has 2 aromatic rings. The Morgan fingerprint density at radius 1 is 1.25 bits per heavy atom. The second-order valence-corrected chi connectivity index (χ2v) is 3.84. The molecule has 0 aliphatic rings. The number of fused-ring (bicyclic) bond motifs is 1. The van der Waals surface area contributed by atoms with E-state index in [2.05, 4.69) is 20.4 Å². The number of rotatable bonds is 4. The molecule has 0 bridgehead atoms. The van der Waals surface area contributed by atoms with E-state index in [4.69, 9.17) is 14.7 Å². The first-order valence-corrected chi connectivity index (χ1v) is 5.56. The van der Waals surface area contributed by atoms with Gasteiger partial charge in [0.05, 0.1) is 31.0 Å². The number of benzene rings is 1. The third-order valence-corrected chi connectivity index (χ3v) is 2.81. The second kappa shape index (κ2) is 5.56. The van der Waals surface area contributed by atoms with Crippen LogP contribution in [-0.2, 0) is 4.99 Å². The van der Waals surface area contributed by atoms with Crippen LogP contribution in [0.25, 0.3) is 11.0 Å². The number of hydrogen-bond acceptors (Lipinski definition) is 8. The Labute approximate surface area is 114 Å². The minimum atomic E-state index is 0.190. The van der Waals surface area contributed by atoms with Gasteiger partial charge in [0.2, 0.25) is 0 Å². The van der Waals surface area contributed by atoms with Crippen molar-refractivity contribution in [2.24, 2.45) is 0 Å². The van der Waals surface area contributed by atoms with Crippen LogP contribution in [0.4, 0.5) is 5.69 Å². The van der Waals surface area contributed by atoms with E-state index in [1.54, 1.807) is 13.0 Å². The first kappa shape index (κ1) is 13.8. The number of hydrogen-bond donors (Lipinski definition) is 2. The summed E-state index contributed by atoms with van der Waals surface area (Å²) in [6, 6.07) is 3.63. The van der Waals surface area contributed by atoms with E-state index in [-0.39, 0.29) is 11.8 Å². The first-order chi connectivity index (χ1) is 9.65. The maximum Gasteiger partial charge on any atom is 0.278 e. The van der Waals surface area contributed by atoms with Crippen LogP contribution >= 0.6 is 0 Å². The largest absolute Gasteiger partial charge is 0.477 e. The molecular formula is C12H12N4O4. The molecular weight excluding hydrogens is 264 g/mol. The Bertz CT molecular complexity index is 696. The molecule has 1 aromatic carbocycles. The fourth-order valence-corrected chi connectivity index (χ4v) is 1.82. The molecule has 0 unspecified atom stereocenters. The van der Waals surface area contributed by atoms with Gasteiger partial charge in [-0.15, -0.1) is 4.99 Å². The normalized spacial score (nSPS) is 10.2. The van der Waals surface area contributed by atoms with Crippen LogP contribution in [0.3, 0.4) is 0 Å². The van der Waals surface area contributed by atoms with E-state index in [9.17, 15) is 5.26 Å². The fraction of sp³-hybridized carbons (Fsp3) is 0.250. The monoisotopic (exact) mass is 276 g/mol. The average Bonchev–Trinajstić information content (AvgIpc) is 2.47. The van der Waals surface area contributed by atoms with Gasteiger partial charge in [-0.1, -0.05) is 0 Å². The molecule has 0 saturated carbocycles. The number of aromatic nitrogens is 2. The highest BCUT2D eigenvalue weighted by atomic mass is 17.2. The SMILES string of the molecule is COc1nc2cc(NOO)c(C)c(C#N)c2nc1OC. The Hall–Kier alpha value is -2.63. The van der Waals surface area contributed by atoms with Gasteiger partial charge in [-0.25, -0.2) is 20.7 Å². The quantitative estimate of drug-likeness (QED) is 0.640. The molecule has 0 fully saturated rings. The van der Waals surface area contributed by atoms with Crippen LogP contribution in [0, 0.1) is 18.3 Å². The highest BCUT2D eigenvalue weighted by molar-refractivity contribution is 5.87. The molecule has 0 aliphatic carbocycles. The fourth-order valence-electron chi connectivity index (χ4n) is 1.82. The number of methoxy groups -OCH3 is 2. The minimum absolute atomic E-state index is 0.190. The van der Waals surface area contributed by atoms with Crippen LogP contribution in [-0.4, -0.2) is 29.4 Å². The predicted molar refractivity (Wildman–Crippen MR) is 69.4 cm³/mol. The van der Waals surface area contributed by atoms with E-state index >= 15 is 0 Å². The topological polar surface area (TPSA) is 110 Å². The third-order valence-electron chi connectivity index (χ3n) is 2.81. The van der Waals surface area contributed by atoms with Crippen molar-refractivity contribution in [1.82, 2.24) is 9.97 Å². The molecule has 1 heterocycles. The van der Waals surface area contributed by atoms with Gasteiger partial charge in [0, 0.05) is 0 Å². The molecule has 2 N–H and O–H groups in total. The number of nitrogens with one attached hydrogen (secondary N) is 1. The van der Waals surface area contributed by atoms with Crippen molar-refractivity contribution in [2.75, 3.05) is 19.7 Å². The van der Waals surface area contributed by atoms with E-state index in [0.717, 1.165) is 0 Å². The van der Waals surface area contributed by atoms with Crippen molar-refractivity contribution < 1.29 is 19.7 Å². The van der Waals surface area contributed by atoms with E-state index in [0.29, 0.717) is 27.8 Å². The lowest BCUT2D eigenvalue weighted by molar-refractivity contribution is -0.215. The van der Waals surface area contributed by atoms with Gasteiger partial charge in [0.25, 0.3) is 11.8 Å². The van der Waals surface area contributed by atoms with Crippen LogP contribution < -0.4 is 15.0 Å². The summed E-state index contributed by atoms with van der Waals surface area (Å²) in [6.45, 7) is 1.69. The lowest BCUT2D eigenvalue weighted by atomic mass is 10.1. The van der Waals surface area contributed by atoms with Gasteiger partial charge >= 0.3 is 0 Å². The van der Waals surface area contributed by atoms with Gasteiger partial charge in [-0.3, -0.25) is 0 Å². The van der Waals surface area contributed by atoms with Crippen molar-refractivity contribution >= 4 is 16.7 Å². The molecule has 104 valence electrons. The lowest BCUT2D eigenvalue weighted by Crippen LogP contribution is -2.04. The summed E-state index contributed by atoms with van der Waals surface area (Å²) in [6.07, 6.45) is 0. The molecule has 0 amide bonds. The van der Waals surface area contributed by atoms with Crippen LogP contribution in [0.2, 0.25) is 0 Å². The maximum absolute atomic E-state index is 9.28. The lowest BCUT2D eigenvalue weighted by Gasteiger charge is -2.12. The summed E-state index contributed by atoms with van der Waals surface area (Å²) < 4.78 is 10.1. The number of nitrogens with zero attached hydrogens (tertiary/aromatic N) is 3. The average molecular weight is 276 g/mol. The molecule has 0 atom stereocenters. The van der Waals surface area contributed by atoms with E-state index in [1.807, 2.05) is 6.07 Å². The summed E-state index contributed by atoms with van der Waals surface area (Å²) in [4.78, 5) is 12.3. The highest BCUT2D eigenvalue weighted by Crippen LogP contribution is 2.31. The molecule has 2 rings (SSSR count). The van der Waals surface area contributed by atoms with Crippen LogP contribution in [0.1, 0.15) is 11.1 Å². The van der Waals surface area contributed by atoms with Gasteiger partial charge in [0.1, 0.15) is 11.6 Å². The Morgan fingerprint density at radius 3 is 2.45 bits per heavy atom. The Morgan fingerprint density at radius 2 is 1.90 bits per heavy atom. The molecule has 1 aromatic heterocycles. The maximum atomic E-state index is 9.28. The molecule has 20 heavy (non-hydrogen) atoms. The van der Waals surface area contributed by atoms with E-state index < -0.39 is 0 Å². The Kier molecular flexibility index (Phi) is 3.84. The van der Waals surface area contributed by atoms with Crippen molar-refractivity contribution in [1.29, 1.82) is 5.26 Å². The van der Waals surface area contributed by atoms with Gasteiger partial charge in [0.15, 0.2) is 0 Å². The summed E-state index contributed by atoms with van der Waals surface area (Å²) in [5, 5.41) is 17.8. The van der Waals surface area contributed by atoms with Gasteiger partial charge in [-0.2, -0.15) is 5.26 Å². The second-order valence-electron chi connectivity index (χ2n) is 3.84. The first-order valence-electron chi connectivity index (χ1n) is 5.56. The molecule has 0 saturated heterocycles. The third kappa shape index (κ3) is 2.16. The number of nitriles is 1. The summed E-state index contributed by atoms with van der Waals surface area (Å²) in [5.74, 6) is 0.388. The molecule has 8 heteroatoms. The van der Waals surface area contributed by atoms with Crippen LogP contribution in [0.5, 0.6) is 11.8 Å². The summed E-state index contributed by atoms with van der Waals surface area (Å²) >= 11 is 0. The smallest absolute Gasteiger partial charge is 0.278 e. The van der Waals surface area contributed by atoms with Gasteiger partial charge in [-0.05, 0) is 18.6 Å². The molecule has 0 spiro atoms. The zero-order valence-electron chi connectivity index (χ0n) is 11.1. The van der Waals surface area contributed by atoms with Crippen molar-refractivity contribution in [2.45, 2.75) is 6.92 Å². The number of anilines is 1. The molecule has 0 aliphatic heterocycles. The van der Waals surface area contributed by atoms with Crippen LogP contribution in [0.15, 0.2) is 6.07 Å². The standard InChI is InChI=1S/C12H12N4O4/c1-6-7(5-13)10-9(4-8(6)16-20-17)14-11(18-2)12(15-10)19-3/h4,16-17H,1-3H3. The highest BCUT2D eigenvalue weighted by Gasteiger charge is 2.17. The number of ether oxygens (including phenoxy) is 2. The summed E-state index contributed by atoms with van der Waals surface area (Å²) in [5.41, 5.74) is 4.33. The van der Waals surface area contributed by atoms with Crippen molar-refractivity contribution in [3.05, 3.63) is 17.2 Å². The predicted octanol–water partition coefficient (Wildman–Crippen LogP) is 1.64. The minimum Gasteiger partial charge on any atom is -0.477 e. The van der Waals surface area contributed by atoms with Gasteiger partial charge < -0.3 is 9.47 Å². The van der Waals surface area contributed by atoms with E-state index in [1.165, 1.54) is 14.2 Å². The summed E-state index contributed by atoms with van der Waals surface area (Å²) in [7, 11) is 2.88. The molecule has 8 nitrogen and oxygen atoms in total. The van der Waals surface area contributed by atoms with Crippen molar-refractivity contribution in [3.63, 3.8) is 0 Å². The zero-order chi connectivity index (χ0) is 14.7. The molecule has 0 radical (unpaired) electrons. The Balaban J connectivity index is 2.81. The zero-order valence-corrected chi connectivity index (χ0v) is 11.1.